The average molecular weight is 401 g/mol. The van der Waals surface area contributed by atoms with Gasteiger partial charge in [0.15, 0.2) is 6.10 Å². The fourth-order valence-corrected chi connectivity index (χ4v) is 2.85. The summed E-state index contributed by atoms with van der Waals surface area (Å²) in [6, 6.07) is 10.9. The molecule has 7 heteroatoms. The standard InChI is InChI=1S/C22H24FNO5/c1-14-5-8-17(12-20(14)23)24-21(25)15(2)29-22(26)16-6-9-18(10-7-16)28-13-19-4-3-11-27-19/h5-10,12,15,19H,3-4,11,13H2,1-2H3,(H,24,25)/t15-,19+/m0/s1. The van der Waals surface area contributed by atoms with Crippen LogP contribution in [0.25, 0.3) is 0 Å². The first-order valence-electron chi connectivity index (χ1n) is 9.55. The first-order valence-corrected chi connectivity index (χ1v) is 9.55. The van der Waals surface area contributed by atoms with Gasteiger partial charge in [0.2, 0.25) is 0 Å². The predicted octanol–water partition coefficient (Wildman–Crippen LogP) is 3.88. The molecule has 1 amide bonds. The molecular weight excluding hydrogens is 377 g/mol. The lowest BCUT2D eigenvalue weighted by Gasteiger charge is -2.14. The van der Waals surface area contributed by atoms with Gasteiger partial charge in [-0.25, -0.2) is 9.18 Å². The highest BCUT2D eigenvalue weighted by Gasteiger charge is 2.20. The minimum Gasteiger partial charge on any atom is -0.491 e. The van der Waals surface area contributed by atoms with E-state index in [9.17, 15) is 14.0 Å². The lowest BCUT2D eigenvalue weighted by Crippen LogP contribution is -2.30. The molecule has 1 fully saturated rings. The van der Waals surface area contributed by atoms with Gasteiger partial charge < -0.3 is 19.5 Å². The number of ether oxygens (including phenoxy) is 3. The molecule has 1 heterocycles. The molecule has 2 aromatic carbocycles. The third kappa shape index (κ3) is 5.77. The van der Waals surface area contributed by atoms with Crippen LogP contribution in [-0.2, 0) is 14.3 Å². The van der Waals surface area contributed by atoms with Crippen molar-refractivity contribution in [3.63, 3.8) is 0 Å². The Morgan fingerprint density at radius 3 is 2.66 bits per heavy atom. The number of hydrogen-bond acceptors (Lipinski definition) is 5. The van der Waals surface area contributed by atoms with Gasteiger partial charge in [-0.2, -0.15) is 0 Å². The van der Waals surface area contributed by atoms with E-state index >= 15 is 0 Å². The Kier molecular flexibility index (Phi) is 6.82. The van der Waals surface area contributed by atoms with Gasteiger partial charge in [-0.15, -0.1) is 0 Å². The molecule has 0 spiro atoms. The highest BCUT2D eigenvalue weighted by atomic mass is 19.1. The van der Waals surface area contributed by atoms with Crippen LogP contribution in [0, 0.1) is 12.7 Å². The summed E-state index contributed by atoms with van der Waals surface area (Å²) in [5.41, 5.74) is 1.08. The Hall–Kier alpha value is -2.93. The summed E-state index contributed by atoms with van der Waals surface area (Å²) in [5.74, 6) is -0.968. The minimum atomic E-state index is -1.04. The molecule has 0 aliphatic carbocycles. The van der Waals surface area contributed by atoms with Crippen molar-refractivity contribution in [1.82, 2.24) is 0 Å². The molecule has 1 aliphatic rings. The zero-order valence-electron chi connectivity index (χ0n) is 16.4. The zero-order chi connectivity index (χ0) is 20.8. The van der Waals surface area contributed by atoms with Crippen LogP contribution in [0.1, 0.15) is 35.7 Å². The van der Waals surface area contributed by atoms with E-state index in [0.717, 1.165) is 19.4 Å². The lowest BCUT2D eigenvalue weighted by molar-refractivity contribution is -0.123. The molecule has 2 aromatic rings. The maximum atomic E-state index is 13.6. The summed E-state index contributed by atoms with van der Waals surface area (Å²) in [4.78, 5) is 24.5. The minimum absolute atomic E-state index is 0.112. The summed E-state index contributed by atoms with van der Waals surface area (Å²) < 4.78 is 29.9. The number of benzene rings is 2. The van der Waals surface area contributed by atoms with Crippen LogP contribution >= 0.6 is 0 Å². The van der Waals surface area contributed by atoms with Gasteiger partial charge in [-0.05, 0) is 68.7 Å². The monoisotopic (exact) mass is 401 g/mol. The second-order valence-corrected chi connectivity index (χ2v) is 6.97. The van der Waals surface area contributed by atoms with Gasteiger partial charge in [0.05, 0.1) is 11.7 Å². The summed E-state index contributed by atoms with van der Waals surface area (Å²) in [6.07, 6.45) is 1.10. The molecule has 1 N–H and O–H groups in total. The van der Waals surface area contributed by atoms with Gasteiger partial charge in [0.1, 0.15) is 18.2 Å². The van der Waals surface area contributed by atoms with Crippen LogP contribution in [0.4, 0.5) is 10.1 Å². The number of carbonyl (C=O) groups excluding carboxylic acids is 2. The summed E-state index contributed by atoms with van der Waals surface area (Å²) >= 11 is 0. The molecule has 1 saturated heterocycles. The van der Waals surface area contributed by atoms with E-state index in [4.69, 9.17) is 14.2 Å². The van der Waals surface area contributed by atoms with Crippen molar-refractivity contribution in [1.29, 1.82) is 0 Å². The Balaban J connectivity index is 1.50. The highest BCUT2D eigenvalue weighted by Crippen LogP contribution is 2.18. The van der Waals surface area contributed by atoms with Crippen molar-refractivity contribution < 1.29 is 28.2 Å². The normalized spacial score (nSPS) is 16.9. The van der Waals surface area contributed by atoms with Gasteiger partial charge in [-0.1, -0.05) is 6.07 Å². The Bertz CT molecular complexity index is 862. The van der Waals surface area contributed by atoms with Gasteiger partial charge >= 0.3 is 5.97 Å². The van der Waals surface area contributed by atoms with E-state index in [1.165, 1.54) is 13.0 Å². The Morgan fingerprint density at radius 2 is 2.00 bits per heavy atom. The van der Waals surface area contributed by atoms with Crippen molar-refractivity contribution in [2.45, 2.75) is 38.9 Å². The predicted molar refractivity (Wildman–Crippen MR) is 106 cm³/mol. The van der Waals surface area contributed by atoms with Crippen molar-refractivity contribution in [3.8, 4) is 5.75 Å². The van der Waals surface area contributed by atoms with Gasteiger partial charge in [0.25, 0.3) is 5.91 Å². The van der Waals surface area contributed by atoms with E-state index in [-0.39, 0.29) is 6.10 Å². The topological polar surface area (TPSA) is 73.9 Å². The van der Waals surface area contributed by atoms with Gasteiger partial charge in [-0.3, -0.25) is 4.79 Å². The average Bonchev–Trinajstić information content (AvgIpc) is 3.23. The van der Waals surface area contributed by atoms with Crippen LogP contribution in [0.5, 0.6) is 5.75 Å². The Morgan fingerprint density at radius 1 is 1.24 bits per heavy atom. The van der Waals surface area contributed by atoms with Gasteiger partial charge in [0, 0.05) is 12.3 Å². The van der Waals surface area contributed by atoms with Crippen LogP contribution in [0.15, 0.2) is 42.5 Å². The van der Waals surface area contributed by atoms with Crippen LogP contribution in [-0.4, -0.2) is 37.3 Å². The number of hydrogen-bond donors (Lipinski definition) is 1. The number of aryl methyl sites for hydroxylation is 1. The SMILES string of the molecule is Cc1ccc(NC(=O)[C@H](C)OC(=O)c2ccc(OC[C@H]3CCCO3)cc2)cc1F. The second kappa shape index (κ2) is 9.52. The number of amides is 1. The van der Waals surface area contributed by atoms with Crippen molar-refractivity contribution in [3.05, 3.63) is 59.4 Å². The number of nitrogens with one attached hydrogen (secondary N) is 1. The number of rotatable bonds is 7. The fourth-order valence-electron chi connectivity index (χ4n) is 2.85. The summed E-state index contributed by atoms with van der Waals surface area (Å²) in [6.45, 7) is 4.32. The fraction of sp³-hybridized carbons (Fsp3) is 0.364. The maximum Gasteiger partial charge on any atom is 0.338 e. The van der Waals surface area contributed by atoms with Crippen LogP contribution in [0.3, 0.4) is 0 Å². The molecule has 0 radical (unpaired) electrons. The highest BCUT2D eigenvalue weighted by molar-refractivity contribution is 5.97. The van der Waals surface area contributed by atoms with Crippen molar-refractivity contribution in [2.75, 3.05) is 18.5 Å². The molecule has 0 bridgehead atoms. The largest absolute Gasteiger partial charge is 0.491 e. The van der Waals surface area contributed by atoms with E-state index in [1.807, 2.05) is 0 Å². The van der Waals surface area contributed by atoms with E-state index in [0.29, 0.717) is 29.2 Å². The van der Waals surface area contributed by atoms with E-state index < -0.39 is 23.8 Å². The van der Waals surface area contributed by atoms with Crippen molar-refractivity contribution >= 4 is 17.6 Å². The molecule has 1 aliphatic heterocycles. The Labute approximate surface area is 169 Å². The first-order chi connectivity index (χ1) is 13.9. The third-order valence-corrected chi connectivity index (χ3v) is 4.64. The molecule has 6 nitrogen and oxygen atoms in total. The lowest BCUT2D eigenvalue weighted by atomic mass is 10.2. The molecule has 154 valence electrons. The third-order valence-electron chi connectivity index (χ3n) is 4.64. The number of halogens is 1. The zero-order valence-corrected chi connectivity index (χ0v) is 16.4. The maximum absolute atomic E-state index is 13.6. The van der Waals surface area contributed by atoms with Crippen LogP contribution < -0.4 is 10.1 Å². The molecule has 3 rings (SSSR count). The molecule has 2 atom stereocenters. The molecular formula is C22H24FNO5. The number of anilines is 1. The smallest absolute Gasteiger partial charge is 0.338 e. The number of carbonyl (C=O) groups is 2. The quantitative estimate of drug-likeness (QED) is 0.713. The summed E-state index contributed by atoms with van der Waals surface area (Å²) in [7, 11) is 0. The number of esters is 1. The van der Waals surface area contributed by atoms with E-state index in [2.05, 4.69) is 5.32 Å². The van der Waals surface area contributed by atoms with Crippen molar-refractivity contribution in [2.24, 2.45) is 0 Å². The molecule has 0 saturated carbocycles. The molecule has 0 aromatic heterocycles. The van der Waals surface area contributed by atoms with Crippen LogP contribution in [0.2, 0.25) is 0 Å². The second-order valence-electron chi connectivity index (χ2n) is 6.97. The molecule has 0 unspecified atom stereocenters. The van der Waals surface area contributed by atoms with E-state index in [1.54, 1.807) is 43.3 Å². The summed E-state index contributed by atoms with van der Waals surface area (Å²) in [5, 5.41) is 2.53. The molecule has 29 heavy (non-hydrogen) atoms. The first kappa shape index (κ1) is 20.8.